The Hall–Kier alpha value is -2.95. The van der Waals surface area contributed by atoms with Gasteiger partial charge in [0.2, 0.25) is 5.91 Å². The second-order valence-electron chi connectivity index (χ2n) is 8.38. The molecule has 0 unspecified atom stereocenters. The van der Waals surface area contributed by atoms with Gasteiger partial charge in [0.05, 0.1) is 17.4 Å². The number of amides is 1. The van der Waals surface area contributed by atoms with Crippen LogP contribution in [0.15, 0.2) is 53.3 Å². The van der Waals surface area contributed by atoms with Crippen LogP contribution in [-0.2, 0) is 23.2 Å². The molecule has 1 aromatic heterocycles. The predicted octanol–water partition coefficient (Wildman–Crippen LogP) is 4.20. The van der Waals surface area contributed by atoms with Gasteiger partial charge < -0.3 is 9.88 Å². The van der Waals surface area contributed by atoms with E-state index in [0.29, 0.717) is 42.7 Å². The minimum atomic E-state index is -0.173. The van der Waals surface area contributed by atoms with E-state index in [0.717, 1.165) is 5.56 Å². The zero-order valence-corrected chi connectivity index (χ0v) is 17.7. The first-order valence-corrected chi connectivity index (χ1v) is 10.1. The zero-order valence-electron chi connectivity index (χ0n) is 17.7. The Morgan fingerprint density at radius 3 is 2.41 bits per heavy atom. The lowest BCUT2D eigenvalue weighted by atomic mass is 9.86. The van der Waals surface area contributed by atoms with E-state index < -0.39 is 0 Å². The summed E-state index contributed by atoms with van der Waals surface area (Å²) < 4.78 is 0. The molecule has 3 rings (SSSR count). The van der Waals surface area contributed by atoms with Crippen LogP contribution in [0, 0.1) is 0 Å². The number of fused-ring (bicyclic) bond motifs is 1. The molecule has 0 radical (unpaired) electrons. The van der Waals surface area contributed by atoms with E-state index in [4.69, 9.17) is 0 Å². The van der Waals surface area contributed by atoms with Gasteiger partial charge in [0.1, 0.15) is 5.82 Å². The number of carbonyl (C=O) groups is 1. The van der Waals surface area contributed by atoms with Crippen LogP contribution in [0.4, 0.5) is 0 Å². The van der Waals surface area contributed by atoms with Gasteiger partial charge in [0, 0.05) is 13.0 Å². The van der Waals surface area contributed by atoms with E-state index in [1.807, 2.05) is 25.1 Å². The minimum absolute atomic E-state index is 0.0585. The van der Waals surface area contributed by atoms with Crippen LogP contribution in [-0.4, -0.2) is 27.3 Å². The Balaban J connectivity index is 1.66. The fraction of sp³-hybridized carbons (Fsp3) is 0.375. The number of para-hydroxylation sites is 1. The van der Waals surface area contributed by atoms with Crippen molar-refractivity contribution < 1.29 is 4.79 Å². The highest BCUT2D eigenvalue weighted by Crippen LogP contribution is 2.22. The number of hydrogen-bond acceptors (Lipinski definition) is 3. The van der Waals surface area contributed by atoms with Crippen molar-refractivity contribution in [2.75, 3.05) is 6.54 Å². The Kier molecular flexibility index (Phi) is 6.16. The summed E-state index contributed by atoms with van der Waals surface area (Å²) in [5, 5.41) is 0.560. The summed E-state index contributed by atoms with van der Waals surface area (Å²) in [6, 6.07) is 15.7. The van der Waals surface area contributed by atoms with E-state index >= 15 is 0 Å². The van der Waals surface area contributed by atoms with Crippen LogP contribution < -0.4 is 5.56 Å². The fourth-order valence-corrected chi connectivity index (χ4v) is 3.35. The molecule has 5 nitrogen and oxygen atoms in total. The summed E-state index contributed by atoms with van der Waals surface area (Å²) in [5.41, 5.74) is 3.03. The average molecular weight is 392 g/mol. The van der Waals surface area contributed by atoms with Crippen molar-refractivity contribution in [2.24, 2.45) is 0 Å². The first-order valence-electron chi connectivity index (χ1n) is 10.1. The smallest absolute Gasteiger partial charge is 0.258 e. The van der Waals surface area contributed by atoms with Gasteiger partial charge in [-0.15, -0.1) is 0 Å². The highest BCUT2D eigenvalue weighted by Gasteiger charge is 2.16. The van der Waals surface area contributed by atoms with E-state index in [1.165, 1.54) is 5.56 Å². The van der Waals surface area contributed by atoms with Crippen molar-refractivity contribution in [3.63, 3.8) is 0 Å². The molecule has 152 valence electrons. The molecule has 1 amide bonds. The molecule has 0 aliphatic rings. The number of benzene rings is 2. The molecule has 0 aliphatic carbocycles. The molecule has 1 N–H and O–H groups in total. The summed E-state index contributed by atoms with van der Waals surface area (Å²) in [7, 11) is 0. The summed E-state index contributed by atoms with van der Waals surface area (Å²) in [5.74, 6) is 0.571. The number of carbonyl (C=O) groups excluding carboxylic acids is 1. The van der Waals surface area contributed by atoms with Gasteiger partial charge in [-0.25, -0.2) is 4.98 Å². The van der Waals surface area contributed by atoms with Crippen LogP contribution in [0.3, 0.4) is 0 Å². The maximum Gasteiger partial charge on any atom is 0.258 e. The SMILES string of the molecule is CCN(Cc1nc2ccccc2c(=O)[nH]1)C(=O)CCc1ccc(C(C)(C)C)cc1. The highest BCUT2D eigenvalue weighted by atomic mass is 16.2. The summed E-state index contributed by atoms with van der Waals surface area (Å²) >= 11 is 0. The molecule has 2 aromatic carbocycles. The van der Waals surface area contributed by atoms with Crippen LogP contribution >= 0.6 is 0 Å². The minimum Gasteiger partial charge on any atom is -0.335 e. The van der Waals surface area contributed by atoms with Gasteiger partial charge in [-0.1, -0.05) is 57.2 Å². The third-order valence-electron chi connectivity index (χ3n) is 5.18. The van der Waals surface area contributed by atoms with Crippen LogP contribution in [0.25, 0.3) is 10.9 Å². The van der Waals surface area contributed by atoms with Gasteiger partial charge in [-0.05, 0) is 42.0 Å². The van der Waals surface area contributed by atoms with Crippen LogP contribution in [0.1, 0.15) is 51.1 Å². The zero-order chi connectivity index (χ0) is 21.0. The molecule has 3 aromatic rings. The van der Waals surface area contributed by atoms with E-state index in [1.54, 1.807) is 11.0 Å². The average Bonchev–Trinajstić information content (AvgIpc) is 2.70. The Labute approximate surface area is 171 Å². The normalized spacial score (nSPS) is 11.6. The number of nitrogens with zero attached hydrogens (tertiary/aromatic N) is 2. The lowest BCUT2D eigenvalue weighted by molar-refractivity contribution is -0.131. The molecule has 29 heavy (non-hydrogen) atoms. The fourth-order valence-electron chi connectivity index (χ4n) is 3.35. The molecule has 0 atom stereocenters. The molecule has 0 saturated carbocycles. The van der Waals surface area contributed by atoms with Gasteiger partial charge in [0.25, 0.3) is 5.56 Å². The maximum atomic E-state index is 12.7. The number of aromatic nitrogens is 2. The first kappa shape index (κ1) is 20.8. The second kappa shape index (κ2) is 8.60. The molecule has 0 fully saturated rings. The van der Waals surface area contributed by atoms with Crippen molar-refractivity contribution in [1.82, 2.24) is 14.9 Å². The number of rotatable bonds is 6. The third kappa shape index (κ3) is 5.11. The van der Waals surface area contributed by atoms with Crippen molar-refractivity contribution in [3.05, 3.63) is 75.8 Å². The topological polar surface area (TPSA) is 66.1 Å². The highest BCUT2D eigenvalue weighted by molar-refractivity contribution is 5.78. The second-order valence-corrected chi connectivity index (χ2v) is 8.38. The molecular weight excluding hydrogens is 362 g/mol. The molecule has 0 bridgehead atoms. The Bertz CT molecular complexity index is 1050. The van der Waals surface area contributed by atoms with Crippen molar-refractivity contribution in [1.29, 1.82) is 0 Å². The monoisotopic (exact) mass is 391 g/mol. The Morgan fingerprint density at radius 2 is 1.76 bits per heavy atom. The lowest BCUT2D eigenvalue weighted by Gasteiger charge is -2.21. The molecule has 1 heterocycles. The molecule has 0 aliphatic heterocycles. The van der Waals surface area contributed by atoms with Crippen molar-refractivity contribution in [3.8, 4) is 0 Å². The molecule has 5 heteroatoms. The third-order valence-corrected chi connectivity index (χ3v) is 5.18. The van der Waals surface area contributed by atoms with Crippen molar-refractivity contribution >= 4 is 16.8 Å². The number of nitrogens with one attached hydrogen (secondary N) is 1. The van der Waals surface area contributed by atoms with Gasteiger partial charge >= 0.3 is 0 Å². The number of hydrogen-bond donors (Lipinski definition) is 1. The van der Waals surface area contributed by atoms with Gasteiger partial charge in [-0.2, -0.15) is 0 Å². The summed E-state index contributed by atoms with van der Waals surface area (Å²) in [6.45, 7) is 9.38. The van der Waals surface area contributed by atoms with Crippen molar-refractivity contribution in [2.45, 2.75) is 52.5 Å². The van der Waals surface area contributed by atoms with Crippen LogP contribution in [0.2, 0.25) is 0 Å². The number of aryl methyl sites for hydroxylation is 1. The number of H-pyrrole nitrogens is 1. The van der Waals surface area contributed by atoms with E-state index in [-0.39, 0.29) is 16.9 Å². The molecule has 0 spiro atoms. The van der Waals surface area contributed by atoms with Gasteiger partial charge in [-0.3, -0.25) is 9.59 Å². The number of aromatic amines is 1. The van der Waals surface area contributed by atoms with Gasteiger partial charge in [0.15, 0.2) is 0 Å². The van der Waals surface area contributed by atoms with E-state index in [2.05, 4.69) is 55.0 Å². The molecule has 0 saturated heterocycles. The lowest BCUT2D eigenvalue weighted by Crippen LogP contribution is -2.32. The van der Waals surface area contributed by atoms with Crippen LogP contribution in [0.5, 0.6) is 0 Å². The van der Waals surface area contributed by atoms with E-state index in [9.17, 15) is 9.59 Å². The predicted molar refractivity (Wildman–Crippen MR) is 117 cm³/mol. The molecular formula is C24H29N3O2. The summed E-state index contributed by atoms with van der Waals surface area (Å²) in [6.07, 6.45) is 1.13. The summed E-state index contributed by atoms with van der Waals surface area (Å²) in [4.78, 5) is 34.0. The quantitative estimate of drug-likeness (QED) is 0.685. The largest absolute Gasteiger partial charge is 0.335 e. The maximum absolute atomic E-state index is 12.7. The standard InChI is InChI=1S/C24H29N3O2/c1-5-27(16-21-25-20-9-7-6-8-19(20)23(29)26-21)22(28)15-12-17-10-13-18(14-11-17)24(2,3)4/h6-11,13-14H,5,12,15-16H2,1-4H3,(H,25,26,29). The Morgan fingerprint density at radius 1 is 1.07 bits per heavy atom. The first-order chi connectivity index (χ1) is 13.8.